The van der Waals surface area contributed by atoms with E-state index < -0.39 is 0 Å². The van der Waals surface area contributed by atoms with Crippen LogP contribution in [0.3, 0.4) is 0 Å². The number of morpholine rings is 1. The van der Waals surface area contributed by atoms with Crippen LogP contribution in [0.5, 0.6) is 0 Å². The third-order valence-electron chi connectivity index (χ3n) is 5.70. The lowest BCUT2D eigenvalue weighted by Crippen LogP contribution is -2.41. The number of hydrogen-bond donors (Lipinski definition) is 2. The summed E-state index contributed by atoms with van der Waals surface area (Å²) in [6.07, 6.45) is 4.68. The van der Waals surface area contributed by atoms with Crippen molar-refractivity contribution >= 4 is 28.4 Å². The lowest BCUT2D eigenvalue weighted by molar-refractivity contribution is -0.118. The van der Waals surface area contributed by atoms with E-state index >= 15 is 0 Å². The van der Waals surface area contributed by atoms with Crippen LogP contribution in [0.4, 0.5) is 11.5 Å². The fourth-order valence-electron chi connectivity index (χ4n) is 4.34. The average molecular weight is 392 g/mol. The highest BCUT2D eigenvalue weighted by Gasteiger charge is 2.25. The van der Waals surface area contributed by atoms with Gasteiger partial charge in [-0.3, -0.25) is 9.69 Å². The van der Waals surface area contributed by atoms with Crippen molar-refractivity contribution in [2.24, 2.45) is 0 Å². The molecule has 2 aromatic heterocycles. The van der Waals surface area contributed by atoms with Gasteiger partial charge in [-0.2, -0.15) is 0 Å². The standard InChI is InChI=1S/C21H24N6O2/c22-21-20-19(23-13-24-21)16-2-1-3-17(16)27(20)15-6-4-14(5-7-15)25-18(28)12-26-8-10-29-11-9-26/h4-7,13H,1-3,8-12H2,(H,25,28)(H2,22,23,24). The van der Waals surface area contributed by atoms with E-state index in [-0.39, 0.29) is 5.91 Å². The van der Waals surface area contributed by atoms with Crippen molar-refractivity contribution in [3.63, 3.8) is 0 Å². The number of hydrogen-bond acceptors (Lipinski definition) is 6. The molecule has 3 N–H and O–H groups in total. The summed E-state index contributed by atoms with van der Waals surface area (Å²) < 4.78 is 7.50. The molecule has 1 amide bonds. The molecule has 1 aliphatic heterocycles. The number of carbonyl (C=O) groups is 1. The first-order valence-corrected chi connectivity index (χ1v) is 10.0. The molecule has 150 valence electrons. The van der Waals surface area contributed by atoms with E-state index in [4.69, 9.17) is 10.5 Å². The molecule has 0 atom stereocenters. The van der Waals surface area contributed by atoms with Crippen LogP contribution >= 0.6 is 0 Å². The Hall–Kier alpha value is -2.97. The number of nitrogens with zero attached hydrogens (tertiary/aromatic N) is 4. The second-order valence-electron chi connectivity index (χ2n) is 7.55. The Morgan fingerprint density at radius 3 is 2.72 bits per heavy atom. The molecule has 29 heavy (non-hydrogen) atoms. The molecule has 1 aliphatic carbocycles. The zero-order valence-corrected chi connectivity index (χ0v) is 16.2. The molecule has 0 spiro atoms. The van der Waals surface area contributed by atoms with Crippen molar-refractivity contribution in [1.82, 2.24) is 19.4 Å². The topological polar surface area (TPSA) is 98.3 Å². The summed E-state index contributed by atoms with van der Waals surface area (Å²) in [7, 11) is 0. The normalized spacial score (nSPS) is 16.8. The number of carbonyl (C=O) groups excluding carboxylic acids is 1. The molecule has 5 rings (SSSR count). The molecule has 8 heteroatoms. The highest BCUT2D eigenvalue weighted by molar-refractivity contribution is 5.93. The monoisotopic (exact) mass is 392 g/mol. The van der Waals surface area contributed by atoms with Crippen LogP contribution < -0.4 is 11.1 Å². The van der Waals surface area contributed by atoms with Crippen LogP contribution in [0.15, 0.2) is 30.6 Å². The first-order valence-electron chi connectivity index (χ1n) is 10.0. The van der Waals surface area contributed by atoms with Gasteiger partial charge in [0.05, 0.1) is 25.3 Å². The Morgan fingerprint density at radius 1 is 1.14 bits per heavy atom. The number of nitrogens with two attached hydrogens (primary N) is 1. The lowest BCUT2D eigenvalue weighted by atomic mass is 10.2. The first-order chi connectivity index (χ1) is 14.2. The molecule has 0 radical (unpaired) electrons. The van der Waals surface area contributed by atoms with Crippen LogP contribution in [-0.4, -0.2) is 58.2 Å². The fraction of sp³-hybridized carbons (Fsp3) is 0.381. The number of anilines is 2. The molecule has 2 aliphatic rings. The third kappa shape index (κ3) is 3.34. The number of fused-ring (bicyclic) bond motifs is 3. The van der Waals surface area contributed by atoms with Gasteiger partial charge >= 0.3 is 0 Å². The van der Waals surface area contributed by atoms with E-state index in [2.05, 4.69) is 24.8 Å². The first kappa shape index (κ1) is 18.1. The molecular weight excluding hydrogens is 368 g/mol. The van der Waals surface area contributed by atoms with Crippen molar-refractivity contribution in [1.29, 1.82) is 0 Å². The Morgan fingerprint density at radius 2 is 1.93 bits per heavy atom. The van der Waals surface area contributed by atoms with E-state index in [0.717, 1.165) is 54.8 Å². The Bertz CT molecular complexity index is 1050. The molecule has 1 saturated heterocycles. The van der Waals surface area contributed by atoms with Crippen molar-refractivity contribution in [3.8, 4) is 5.69 Å². The maximum Gasteiger partial charge on any atom is 0.238 e. The predicted octanol–water partition coefficient (Wildman–Crippen LogP) is 1.76. The Balaban J connectivity index is 1.39. The zero-order chi connectivity index (χ0) is 19.8. The van der Waals surface area contributed by atoms with Crippen molar-refractivity contribution in [3.05, 3.63) is 41.9 Å². The van der Waals surface area contributed by atoms with Gasteiger partial charge in [0.1, 0.15) is 11.8 Å². The predicted molar refractivity (Wildman–Crippen MR) is 111 cm³/mol. The summed E-state index contributed by atoms with van der Waals surface area (Å²) in [5.74, 6) is 0.483. The highest BCUT2D eigenvalue weighted by atomic mass is 16.5. The van der Waals surface area contributed by atoms with Gasteiger partial charge in [-0.1, -0.05) is 0 Å². The van der Waals surface area contributed by atoms with Gasteiger partial charge in [0.25, 0.3) is 0 Å². The highest BCUT2D eigenvalue weighted by Crippen LogP contribution is 2.36. The maximum atomic E-state index is 12.3. The number of nitrogen functional groups attached to an aromatic ring is 1. The summed E-state index contributed by atoms with van der Waals surface area (Å²) in [6, 6.07) is 7.88. The Kier molecular flexibility index (Phi) is 4.65. The summed E-state index contributed by atoms with van der Waals surface area (Å²) in [5.41, 5.74) is 12.3. The zero-order valence-electron chi connectivity index (χ0n) is 16.2. The van der Waals surface area contributed by atoms with E-state index in [1.807, 2.05) is 24.3 Å². The second-order valence-corrected chi connectivity index (χ2v) is 7.55. The van der Waals surface area contributed by atoms with Gasteiger partial charge < -0.3 is 20.4 Å². The van der Waals surface area contributed by atoms with Gasteiger partial charge in [-0.15, -0.1) is 0 Å². The largest absolute Gasteiger partial charge is 0.382 e. The van der Waals surface area contributed by atoms with Crippen molar-refractivity contribution < 1.29 is 9.53 Å². The molecule has 0 bridgehead atoms. The minimum Gasteiger partial charge on any atom is -0.382 e. The minimum absolute atomic E-state index is 0.00963. The van der Waals surface area contributed by atoms with Crippen LogP contribution in [0.25, 0.3) is 16.7 Å². The molecule has 1 fully saturated rings. The van der Waals surface area contributed by atoms with Gasteiger partial charge in [-0.25, -0.2) is 9.97 Å². The van der Waals surface area contributed by atoms with Crippen molar-refractivity contribution in [2.75, 3.05) is 43.9 Å². The number of benzene rings is 1. The average Bonchev–Trinajstić information content (AvgIpc) is 3.31. The summed E-state index contributed by atoms with van der Waals surface area (Å²) in [6.45, 7) is 3.34. The van der Waals surface area contributed by atoms with Crippen LogP contribution in [0.2, 0.25) is 0 Å². The maximum absolute atomic E-state index is 12.3. The number of rotatable bonds is 4. The second kappa shape index (κ2) is 7.46. The number of ether oxygens (including phenoxy) is 1. The van der Waals surface area contributed by atoms with E-state index in [0.29, 0.717) is 25.6 Å². The molecule has 3 heterocycles. The van der Waals surface area contributed by atoms with Crippen LogP contribution in [0, 0.1) is 0 Å². The molecule has 3 aromatic rings. The minimum atomic E-state index is -0.00963. The van der Waals surface area contributed by atoms with E-state index in [9.17, 15) is 4.79 Å². The van der Waals surface area contributed by atoms with E-state index in [1.165, 1.54) is 17.6 Å². The smallest absolute Gasteiger partial charge is 0.238 e. The Labute approximate surface area is 168 Å². The van der Waals surface area contributed by atoms with Crippen molar-refractivity contribution in [2.45, 2.75) is 19.3 Å². The summed E-state index contributed by atoms with van der Waals surface area (Å²) in [5, 5.41) is 2.98. The molecular formula is C21H24N6O2. The fourth-order valence-corrected chi connectivity index (χ4v) is 4.34. The van der Waals surface area contributed by atoms with Crippen LogP contribution in [0.1, 0.15) is 17.7 Å². The number of amides is 1. The summed E-state index contributed by atoms with van der Waals surface area (Å²) in [4.78, 5) is 23.1. The number of aromatic nitrogens is 3. The molecule has 1 aromatic carbocycles. The van der Waals surface area contributed by atoms with Crippen LogP contribution in [-0.2, 0) is 22.4 Å². The number of aryl methyl sites for hydroxylation is 1. The lowest BCUT2D eigenvalue weighted by Gasteiger charge is -2.25. The SMILES string of the molecule is Nc1ncnc2c3c(n(-c4ccc(NC(=O)CN5CCOCC5)cc4)c12)CCC3. The number of nitrogens with one attached hydrogen (secondary N) is 1. The quantitative estimate of drug-likeness (QED) is 0.702. The van der Waals surface area contributed by atoms with Gasteiger partial charge in [-0.05, 0) is 49.1 Å². The van der Waals surface area contributed by atoms with Gasteiger partial charge in [0.2, 0.25) is 5.91 Å². The van der Waals surface area contributed by atoms with E-state index in [1.54, 1.807) is 0 Å². The molecule has 8 nitrogen and oxygen atoms in total. The van der Waals surface area contributed by atoms with Gasteiger partial charge in [0, 0.05) is 30.2 Å². The third-order valence-corrected chi connectivity index (χ3v) is 5.70. The van der Waals surface area contributed by atoms with Gasteiger partial charge in [0.15, 0.2) is 5.82 Å². The molecule has 0 unspecified atom stereocenters. The summed E-state index contributed by atoms with van der Waals surface area (Å²) >= 11 is 0. The molecule has 0 saturated carbocycles.